The lowest BCUT2D eigenvalue weighted by Crippen LogP contribution is -2.12. The number of carbonyl (C=O) groups is 1. The maximum Gasteiger partial charge on any atom is 0.356 e. The van der Waals surface area contributed by atoms with E-state index in [1.54, 1.807) is 20.1 Å². The van der Waals surface area contributed by atoms with E-state index in [2.05, 4.69) is 15.3 Å². The van der Waals surface area contributed by atoms with Crippen LogP contribution in [0, 0.1) is 13.8 Å². The molecule has 0 saturated heterocycles. The first kappa shape index (κ1) is 21.8. The standard InChI is InChI=1S/C24H26N4O3/c1-14-7-6-8-15(2)21(14)22(16(3)25)23-27-19(24(29)31-5)13-20(28-23)26-17-9-11-18(30-4)12-10-17/h6-13H,25H2,1-5H3,(H,26,27,28). The molecule has 3 N–H and O–H groups in total. The van der Waals surface area contributed by atoms with E-state index in [1.165, 1.54) is 7.11 Å². The second-order valence-corrected chi connectivity index (χ2v) is 7.13. The molecule has 0 atom stereocenters. The number of nitrogens with one attached hydrogen (secondary N) is 1. The zero-order chi connectivity index (χ0) is 22.5. The van der Waals surface area contributed by atoms with Crippen molar-refractivity contribution in [3.05, 3.63) is 82.4 Å². The summed E-state index contributed by atoms with van der Waals surface area (Å²) in [5, 5.41) is 3.21. The number of allylic oxidation sites excluding steroid dienone is 1. The Morgan fingerprint density at radius 1 is 1.00 bits per heavy atom. The Labute approximate surface area is 181 Å². The Balaban J connectivity index is 2.15. The molecule has 1 heterocycles. The van der Waals surface area contributed by atoms with Crippen LogP contribution in [0.3, 0.4) is 0 Å². The zero-order valence-electron chi connectivity index (χ0n) is 18.3. The highest BCUT2D eigenvalue weighted by molar-refractivity contribution is 5.90. The van der Waals surface area contributed by atoms with Crippen molar-refractivity contribution in [3.8, 4) is 5.75 Å². The van der Waals surface area contributed by atoms with Gasteiger partial charge in [-0.3, -0.25) is 0 Å². The fraction of sp³-hybridized carbons (Fsp3) is 0.208. The number of aryl methyl sites for hydroxylation is 2. The van der Waals surface area contributed by atoms with Crippen molar-refractivity contribution in [2.75, 3.05) is 19.5 Å². The van der Waals surface area contributed by atoms with Crippen molar-refractivity contribution >= 4 is 23.0 Å². The number of nitrogens with two attached hydrogens (primary N) is 1. The first-order valence-electron chi connectivity index (χ1n) is 9.75. The van der Waals surface area contributed by atoms with Gasteiger partial charge in [0.1, 0.15) is 11.6 Å². The number of ether oxygens (including phenoxy) is 2. The van der Waals surface area contributed by atoms with E-state index >= 15 is 0 Å². The number of hydrogen-bond donors (Lipinski definition) is 2. The molecule has 7 nitrogen and oxygen atoms in total. The Hall–Kier alpha value is -3.87. The summed E-state index contributed by atoms with van der Waals surface area (Å²) in [6.07, 6.45) is 0. The van der Waals surface area contributed by atoms with E-state index in [0.29, 0.717) is 22.9 Å². The maximum absolute atomic E-state index is 12.3. The van der Waals surface area contributed by atoms with Crippen LogP contribution in [0.5, 0.6) is 5.75 Å². The van der Waals surface area contributed by atoms with Gasteiger partial charge in [-0.25, -0.2) is 14.8 Å². The van der Waals surface area contributed by atoms with Gasteiger partial charge in [0.15, 0.2) is 11.5 Å². The lowest BCUT2D eigenvalue weighted by atomic mass is 9.94. The van der Waals surface area contributed by atoms with Crippen LogP contribution < -0.4 is 15.8 Å². The van der Waals surface area contributed by atoms with E-state index in [4.69, 9.17) is 15.2 Å². The van der Waals surface area contributed by atoms with Crippen LogP contribution in [-0.4, -0.2) is 30.2 Å². The maximum atomic E-state index is 12.3. The molecule has 0 amide bonds. The highest BCUT2D eigenvalue weighted by Gasteiger charge is 2.20. The van der Waals surface area contributed by atoms with Gasteiger partial charge in [0.05, 0.1) is 14.2 Å². The lowest BCUT2D eigenvalue weighted by molar-refractivity contribution is 0.0593. The van der Waals surface area contributed by atoms with Crippen LogP contribution in [0.4, 0.5) is 11.5 Å². The Morgan fingerprint density at radius 2 is 1.65 bits per heavy atom. The van der Waals surface area contributed by atoms with Crippen molar-refractivity contribution in [2.24, 2.45) is 5.73 Å². The summed E-state index contributed by atoms with van der Waals surface area (Å²) >= 11 is 0. The molecule has 0 saturated carbocycles. The molecule has 0 aliphatic rings. The summed E-state index contributed by atoms with van der Waals surface area (Å²) in [6.45, 7) is 5.81. The summed E-state index contributed by atoms with van der Waals surface area (Å²) in [4.78, 5) is 21.5. The second-order valence-electron chi connectivity index (χ2n) is 7.13. The quantitative estimate of drug-likeness (QED) is 0.573. The number of nitrogens with zero attached hydrogens (tertiary/aromatic N) is 2. The number of carbonyl (C=O) groups excluding carboxylic acids is 1. The van der Waals surface area contributed by atoms with Gasteiger partial charge in [-0.1, -0.05) is 18.2 Å². The molecule has 3 rings (SSSR count). The molecule has 31 heavy (non-hydrogen) atoms. The molecule has 160 valence electrons. The third kappa shape index (κ3) is 4.83. The minimum Gasteiger partial charge on any atom is -0.497 e. The predicted octanol–water partition coefficient (Wildman–Crippen LogP) is 4.37. The number of rotatable bonds is 6. The van der Waals surface area contributed by atoms with E-state index in [9.17, 15) is 4.79 Å². The Bertz CT molecular complexity index is 1110. The third-order valence-electron chi connectivity index (χ3n) is 4.83. The average Bonchev–Trinajstić information content (AvgIpc) is 2.75. The Kier molecular flexibility index (Phi) is 6.55. The van der Waals surface area contributed by atoms with Gasteiger partial charge in [-0.05, 0) is 61.7 Å². The van der Waals surface area contributed by atoms with Crippen molar-refractivity contribution in [2.45, 2.75) is 20.8 Å². The van der Waals surface area contributed by atoms with E-state index in [-0.39, 0.29) is 5.69 Å². The monoisotopic (exact) mass is 418 g/mol. The minimum absolute atomic E-state index is 0.133. The molecule has 2 aromatic carbocycles. The van der Waals surface area contributed by atoms with Crippen molar-refractivity contribution in [3.63, 3.8) is 0 Å². The smallest absolute Gasteiger partial charge is 0.356 e. The van der Waals surface area contributed by atoms with Crippen LogP contribution in [-0.2, 0) is 4.74 Å². The fourth-order valence-electron chi connectivity index (χ4n) is 3.35. The molecular weight excluding hydrogens is 392 g/mol. The summed E-state index contributed by atoms with van der Waals surface area (Å²) < 4.78 is 10.1. The number of aromatic nitrogens is 2. The summed E-state index contributed by atoms with van der Waals surface area (Å²) in [5.41, 5.74) is 11.4. The van der Waals surface area contributed by atoms with Crippen molar-refractivity contribution in [1.29, 1.82) is 0 Å². The number of esters is 1. The van der Waals surface area contributed by atoms with Gasteiger partial charge in [-0.2, -0.15) is 0 Å². The largest absolute Gasteiger partial charge is 0.497 e. The van der Waals surface area contributed by atoms with Gasteiger partial charge in [0.2, 0.25) is 0 Å². The van der Waals surface area contributed by atoms with E-state index in [1.807, 2.05) is 56.3 Å². The molecule has 0 unspecified atom stereocenters. The van der Waals surface area contributed by atoms with E-state index in [0.717, 1.165) is 28.1 Å². The average molecular weight is 418 g/mol. The molecule has 1 aromatic heterocycles. The van der Waals surface area contributed by atoms with Crippen LogP contribution in [0.15, 0.2) is 54.2 Å². The van der Waals surface area contributed by atoms with Gasteiger partial charge in [-0.15, -0.1) is 0 Å². The third-order valence-corrected chi connectivity index (χ3v) is 4.83. The Morgan fingerprint density at radius 3 is 2.19 bits per heavy atom. The molecule has 0 spiro atoms. The van der Waals surface area contributed by atoms with Crippen LogP contribution in [0.1, 0.15) is 39.9 Å². The van der Waals surface area contributed by atoms with E-state index < -0.39 is 5.97 Å². The van der Waals surface area contributed by atoms with Crippen molar-refractivity contribution in [1.82, 2.24) is 9.97 Å². The first-order chi connectivity index (χ1) is 14.8. The SMILES string of the molecule is COC(=O)c1cc(Nc2ccc(OC)cc2)nc(C(=C(C)N)c2c(C)cccc2C)n1. The van der Waals surface area contributed by atoms with Crippen LogP contribution in [0.25, 0.3) is 5.57 Å². The number of hydrogen-bond acceptors (Lipinski definition) is 7. The summed E-state index contributed by atoms with van der Waals surface area (Å²) in [5.74, 6) is 0.969. The number of anilines is 2. The highest BCUT2D eigenvalue weighted by Crippen LogP contribution is 2.30. The van der Waals surface area contributed by atoms with Crippen molar-refractivity contribution < 1.29 is 14.3 Å². The molecule has 0 radical (unpaired) electrons. The molecule has 0 fully saturated rings. The summed E-state index contributed by atoms with van der Waals surface area (Å²) in [7, 11) is 2.93. The predicted molar refractivity (Wildman–Crippen MR) is 121 cm³/mol. The minimum atomic E-state index is -0.558. The molecule has 0 aliphatic carbocycles. The number of benzene rings is 2. The number of methoxy groups -OCH3 is 2. The van der Waals surface area contributed by atoms with Gasteiger partial charge in [0.25, 0.3) is 0 Å². The molecule has 3 aromatic rings. The fourth-order valence-corrected chi connectivity index (χ4v) is 3.35. The molecule has 7 heteroatoms. The van der Waals surface area contributed by atoms with Crippen LogP contribution >= 0.6 is 0 Å². The normalized spacial score (nSPS) is 11.5. The van der Waals surface area contributed by atoms with Gasteiger partial charge < -0.3 is 20.5 Å². The first-order valence-corrected chi connectivity index (χ1v) is 9.75. The molecule has 0 aliphatic heterocycles. The molecule has 0 bridgehead atoms. The molecular formula is C24H26N4O3. The lowest BCUT2D eigenvalue weighted by Gasteiger charge is -2.16. The summed E-state index contributed by atoms with van der Waals surface area (Å²) in [6, 6.07) is 14.9. The zero-order valence-corrected chi connectivity index (χ0v) is 18.3. The van der Waals surface area contributed by atoms with Gasteiger partial charge >= 0.3 is 5.97 Å². The van der Waals surface area contributed by atoms with Gasteiger partial charge in [0, 0.05) is 23.0 Å². The highest BCUT2D eigenvalue weighted by atomic mass is 16.5. The second kappa shape index (κ2) is 9.30. The topological polar surface area (TPSA) is 99.4 Å². The van der Waals surface area contributed by atoms with Crippen LogP contribution in [0.2, 0.25) is 0 Å².